The first-order chi connectivity index (χ1) is 10.3. The molecule has 1 fully saturated rings. The number of carbonyl (C=O) groups excluding carboxylic acids is 1. The van der Waals surface area contributed by atoms with Gasteiger partial charge in [-0.1, -0.05) is 18.9 Å². The average Bonchev–Trinajstić information content (AvgIpc) is 2.91. The van der Waals surface area contributed by atoms with Crippen LogP contribution in [-0.4, -0.2) is 22.6 Å². The molecule has 0 aromatic heterocycles. The second-order valence-corrected chi connectivity index (χ2v) is 7.96. The third kappa shape index (κ3) is 4.83. The fraction of sp³-hybridized carbons (Fsp3) is 0.588. The number of ether oxygens (including phenoxy) is 1. The van der Waals surface area contributed by atoms with Crippen molar-refractivity contribution in [3.63, 3.8) is 0 Å². The summed E-state index contributed by atoms with van der Waals surface area (Å²) in [5.74, 6) is -0.228. The molecule has 0 spiro atoms. The van der Waals surface area contributed by atoms with Crippen molar-refractivity contribution in [2.24, 2.45) is 0 Å². The summed E-state index contributed by atoms with van der Waals surface area (Å²) in [6.07, 6.45) is 4.03. The summed E-state index contributed by atoms with van der Waals surface area (Å²) in [6, 6.07) is 5.21. The lowest BCUT2D eigenvalue weighted by molar-refractivity contribution is 0.0145. The highest BCUT2D eigenvalue weighted by Gasteiger charge is 2.30. The molecule has 1 amide bonds. The van der Waals surface area contributed by atoms with Gasteiger partial charge in [0.05, 0.1) is 0 Å². The standard InChI is InChI=1S/C17H23FINO2/c1-17(2,3)22-16(21)20(13-6-4-5-7-13)11-12-8-9-14(18)15(19)10-12/h8-10,13H,4-7,11H2,1-3H3. The number of rotatable bonds is 3. The van der Waals surface area contributed by atoms with Gasteiger partial charge in [-0.15, -0.1) is 0 Å². The average molecular weight is 419 g/mol. The van der Waals surface area contributed by atoms with Gasteiger partial charge in [-0.05, 0) is 73.9 Å². The van der Waals surface area contributed by atoms with Gasteiger partial charge in [0.25, 0.3) is 0 Å². The number of benzene rings is 1. The second-order valence-electron chi connectivity index (χ2n) is 6.79. The van der Waals surface area contributed by atoms with E-state index in [1.54, 1.807) is 12.1 Å². The van der Waals surface area contributed by atoms with Gasteiger partial charge in [-0.3, -0.25) is 0 Å². The lowest BCUT2D eigenvalue weighted by Gasteiger charge is -2.31. The first-order valence-electron chi connectivity index (χ1n) is 7.70. The Balaban J connectivity index is 2.16. The summed E-state index contributed by atoms with van der Waals surface area (Å²) >= 11 is 1.97. The number of hydrogen-bond acceptors (Lipinski definition) is 2. The van der Waals surface area contributed by atoms with Crippen LogP contribution in [0.2, 0.25) is 0 Å². The lowest BCUT2D eigenvalue weighted by Crippen LogP contribution is -2.41. The molecule has 0 unspecified atom stereocenters. The second kappa shape index (κ2) is 7.15. The van der Waals surface area contributed by atoms with Crippen LogP contribution in [0, 0.1) is 9.39 Å². The van der Waals surface area contributed by atoms with Crippen LogP contribution in [0.15, 0.2) is 18.2 Å². The molecule has 22 heavy (non-hydrogen) atoms. The zero-order valence-electron chi connectivity index (χ0n) is 13.4. The van der Waals surface area contributed by atoms with Crippen LogP contribution in [-0.2, 0) is 11.3 Å². The summed E-state index contributed by atoms with van der Waals surface area (Å²) in [5.41, 5.74) is 0.425. The molecule has 1 aliphatic carbocycles. The minimum absolute atomic E-state index is 0.220. The largest absolute Gasteiger partial charge is 0.444 e. The van der Waals surface area contributed by atoms with Crippen molar-refractivity contribution in [1.82, 2.24) is 4.90 Å². The molecule has 0 saturated heterocycles. The molecule has 0 heterocycles. The highest BCUT2D eigenvalue weighted by atomic mass is 127. The van der Waals surface area contributed by atoms with Crippen molar-refractivity contribution in [2.45, 2.75) is 64.6 Å². The fourth-order valence-electron chi connectivity index (χ4n) is 2.71. The number of nitrogens with zero attached hydrogens (tertiary/aromatic N) is 1. The third-order valence-corrected chi connectivity index (χ3v) is 4.56. The molecule has 0 atom stereocenters. The predicted octanol–water partition coefficient (Wildman–Crippen LogP) is 5.11. The van der Waals surface area contributed by atoms with Crippen molar-refractivity contribution >= 4 is 28.7 Å². The van der Waals surface area contributed by atoms with Crippen LogP contribution in [0.1, 0.15) is 52.0 Å². The van der Waals surface area contributed by atoms with Gasteiger partial charge < -0.3 is 9.64 Å². The Morgan fingerprint density at radius 1 is 1.36 bits per heavy atom. The third-order valence-electron chi connectivity index (χ3n) is 3.73. The van der Waals surface area contributed by atoms with Gasteiger partial charge in [0.15, 0.2) is 0 Å². The zero-order chi connectivity index (χ0) is 16.3. The van der Waals surface area contributed by atoms with E-state index in [2.05, 4.69) is 0 Å². The maximum absolute atomic E-state index is 13.4. The van der Waals surface area contributed by atoms with E-state index in [-0.39, 0.29) is 18.0 Å². The molecule has 0 aliphatic heterocycles. The summed E-state index contributed by atoms with van der Waals surface area (Å²) in [4.78, 5) is 14.3. The van der Waals surface area contributed by atoms with Crippen LogP contribution >= 0.6 is 22.6 Å². The summed E-state index contributed by atoms with van der Waals surface area (Å²) < 4.78 is 19.5. The molecule has 1 saturated carbocycles. The molecule has 5 heteroatoms. The zero-order valence-corrected chi connectivity index (χ0v) is 15.5. The Bertz CT molecular complexity index is 536. The van der Waals surface area contributed by atoms with E-state index in [9.17, 15) is 9.18 Å². The maximum Gasteiger partial charge on any atom is 0.410 e. The normalized spacial score (nSPS) is 15.9. The molecule has 0 N–H and O–H groups in total. The van der Waals surface area contributed by atoms with Gasteiger partial charge >= 0.3 is 6.09 Å². The van der Waals surface area contributed by atoms with Crippen LogP contribution in [0.3, 0.4) is 0 Å². The van der Waals surface area contributed by atoms with E-state index < -0.39 is 5.60 Å². The Labute approximate surface area is 145 Å². The minimum atomic E-state index is -0.509. The van der Waals surface area contributed by atoms with Crippen molar-refractivity contribution in [1.29, 1.82) is 0 Å². The molecule has 0 bridgehead atoms. The van der Waals surface area contributed by atoms with Crippen LogP contribution in [0.4, 0.5) is 9.18 Å². The lowest BCUT2D eigenvalue weighted by atomic mass is 10.1. The van der Waals surface area contributed by atoms with Crippen molar-refractivity contribution < 1.29 is 13.9 Å². The molecule has 1 aliphatic rings. The Kier molecular flexibility index (Phi) is 5.69. The van der Waals surface area contributed by atoms with E-state index in [1.165, 1.54) is 6.07 Å². The highest BCUT2D eigenvalue weighted by molar-refractivity contribution is 14.1. The van der Waals surface area contributed by atoms with Gasteiger partial charge in [0.2, 0.25) is 0 Å². The number of hydrogen-bond donors (Lipinski definition) is 0. The van der Waals surface area contributed by atoms with E-state index >= 15 is 0 Å². The Morgan fingerprint density at radius 3 is 2.55 bits per heavy atom. The number of amides is 1. The number of halogens is 2. The monoisotopic (exact) mass is 419 g/mol. The Morgan fingerprint density at radius 2 is 2.00 bits per heavy atom. The van der Waals surface area contributed by atoms with Gasteiger partial charge in [0.1, 0.15) is 11.4 Å². The Hall–Kier alpha value is -0.850. The summed E-state index contributed by atoms with van der Waals surface area (Å²) in [7, 11) is 0. The maximum atomic E-state index is 13.4. The van der Waals surface area contributed by atoms with E-state index in [4.69, 9.17) is 4.74 Å². The topological polar surface area (TPSA) is 29.5 Å². The number of carbonyl (C=O) groups is 1. The van der Waals surface area contributed by atoms with E-state index in [0.717, 1.165) is 31.2 Å². The van der Waals surface area contributed by atoms with Crippen molar-refractivity contribution in [3.05, 3.63) is 33.1 Å². The van der Waals surface area contributed by atoms with Crippen molar-refractivity contribution in [3.8, 4) is 0 Å². The van der Waals surface area contributed by atoms with E-state index in [1.807, 2.05) is 48.3 Å². The van der Waals surface area contributed by atoms with Gasteiger partial charge in [0, 0.05) is 16.2 Å². The predicted molar refractivity (Wildman–Crippen MR) is 93.2 cm³/mol. The molecular formula is C17H23FINO2. The first-order valence-corrected chi connectivity index (χ1v) is 8.78. The summed E-state index contributed by atoms with van der Waals surface area (Å²) in [5, 5.41) is 0. The molecule has 3 nitrogen and oxygen atoms in total. The van der Waals surface area contributed by atoms with Crippen LogP contribution in [0.25, 0.3) is 0 Å². The van der Waals surface area contributed by atoms with Crippen LogP contribution < -0.4 is 0 Å². The molecule has 1 aromatic rings. The van der Waals surface area contributed by atoms with Crippen LogP contribution in [0.5, 0.6) is 0 Å². The molecular weight excluding hydrogens is 396 g/mol. The first kappa shape index (κ1) is 17.5. The molecule has 0 radical (unpaired) electrons. The van der Waals surface area contributed by atoms with Gasteiger partial charge in [-0.25, -0.2) is 9.18 Å². The summed E-state index contributed by atoms with van der Waals surface area (Å²) in [6.45, 7) is 6.09. The SMILES string of the molecule is CC(C)(C)OC(=O)N(Cc1ccc(F)c(I)c1)C1CCCC1. The highest BCUT2D eigenvalue weighted by Crippen LogP contribution is 2.27. The molecule has 122 valence electrons. The molecule has 2 rings (SSSR count). The molecule has 1 aromatic carbocycles. The van der Waals surface area contributed by atoms with Gasteiger partial charge in [-0.2, -0.15) is 0 Å². The fourth-order valence-corrected chi connectivity index (χ4v) is 3.29. The van der Waals surface area contributed by atoms with Crippen molar-refractivity contribution in [2.75, 3.05) is 0 Å². The van der Waals surface area contributed by atoms with E-state index in [0.29, 0.717) is 10.1 Å². The quantitative estimate of drug-likeness (QED) is 0.638. The minimum Gasteiger partial charge on any atom is -0.444 e. The smallest absolute Gasteiger partial charge is 0.410 e.